The first-order valence-corrected chi connectivity index (χ1v) is 8.42. The maximum absolute atomic E-state index is 11.8. The molecule has 3 aromatic carbocycles. The van der Waals surface area contributed by atoms with E-state index in [9.17, 15) is 14.7 Å². The highest BCUT2D eigenvalue weighted by Gasteiger charge is 2.41. The van der Waals surface area contributed by atoms with E-state index < -0.39 is 16.6 Å². The fourth-order valence-electron chi connectivity index (χ4n) is 3.90. The molecule has 4 nitrogen and oxygen atoms in total. The van der Waals surface area contributed by atoms with Gasteiger partial charge in [0.05, 0.1) is 11.3 Å². The highest BCUT2D eigenvalue weighted by Crippen LogP contribution is 2.51. The second kappa shape index (κ2) is 5.06. The van der Waals surface area contributed by atoms with E-state index in [2.05, 4.69) is 49.9 Å². The van der Waals surface area contributed by atoms with Crippen LogP contribution in [0.4, 0.5) is 5.69 Å². The zero-order chi connectivity index (χ0) is 17.9. The molecule has 4 rings (SSSR count). The fraction of sp³-hybridized carbons (Fsp3) is 0.238. The predicted molar refractivity (Wildman–Crippen MR) is 101 cm³/mol. The van der Waals surface area contributed by atoms with Crippen LogP contribution in [0.25, 0.3) is 16.8 Å². The first-order valence-electron chi connectivity index (χ1n) is 8.42. The van der Waals surface area contributed by atoms with Gasteiger partial charge < -0.3 is 10.0 Å². The molecule has 0 aromatic heterocycles. The third-order valence-electron chi connectivity index (χ3n) is 5.29. The van der Waals surface area contributed by atoms with Gasteiger partial charge in [0.2, 0.25) is 5.43 Å². The number of hydrogen-bond acceptors (Lipinski definition) is 4. The lowest BCUT2D eigenvalue weighted by molar-refractivity contribution is 0.461. The topological polar surface area (TPSA) is 57.6 Å². The summed E-state index contributed by atoms with van der Waals surface area (Å²) in [4.78, 5) is 25.3. The molecular formula is C21H19NO3. The van der Waals surface area contributed by atoms with Crippen LogP contribution in [0.1, 0.15) is 31.9 Å². The third-order valence-corrected chi connectivity index (χ3v) is 5.29. The predicted octanol–water partition coefficient (Wildman–Crippen LogP) is 3.30. The van der Waals surface area contributed by atoms with E-state index in [0.717, 1.165) is 28.7 Å². The van der Waals surface area contributed by atoms with Crippen molar-refractivity contribution in [2.24, 2.45) is 0 Å². The summed E-state index contributed by atoms with van der Waals surface area (Å²) in [7, 11) is 0. The molecule has 1 aliphatic rings. The van der Waals surface area contributed by atoms with Gasteiger partial charge in [-0.2, -0.15) is 0 Å². The molecule has 0 spiro atoms. The largest absolute Gasteiger partial charge is 0.504 e. The van der Waals surface area contributed by atoms with Gasteiger partial charge in [-0.3, -0.25) is 9.59 Å². The van der Waals surface area contributed by atoms with Gasteiger partial charge in [-0.1, -0.05) is 50.2 Å². The Bertz CT molecular complexity index is 1110. The molecule has 0 aliphatic carbocycles. The van der Waals surface area contributed by atoms with Crippen molar-refractivity contribution in [1.82, 2.24) is 0 Å². The van der Waals surface area contributed by atoms with Crippen molar-refractivity contribution in [2.45, 2.75) is 26.2 Å². The SMILES string of the molecule is CCN1C(=Cc2c(O)c(=O)c2=O)C(C)(C)c2ccc3ccccc3c21. The summed E-state index contributed by atoms with van der Waals surface area (Å²) in [5.41, 5.74) is 1.60. The molecule has 3 aromatic rings. The van der Waals surface area contributed by atoms with Crippen molar-refractivity contribution in [3.63, 3.8) is 0 Å². The Balaban J connectivity index is 2.01. The number of hydrogen-bond donors (Lipinski definition) is 1. The van der Waals surface area contributed by atoms with E-state index in [1.807, 2.05) is 12.1 Å². The molecule has 0 amide bonds. The van der Waals surface area contributed by atoms with Crippen molar-refractivity contribution in [3.8, 4) is 5.75 Å². The van der Waals surface area contributed by atoms with E-state index in [4.69, 9.17) is 0 Å². The van der Waals surface area contributed by atoms with E-state index in [-0.39, 0.29) is 11.0 Å². The first kappa shape index (κ1) is 15.6. The van der Waals surface area contributed by atoms with Gasteiger partial charge >= 0.3 is 0 Å². The zero-order valence-corrected chi connectivity index (χ0v) is 14.5. The van der Waals surface area contributed by atoms with Crippen LogP contribution in [0.3, 0.4) is 0 Å². The van der Waals surface area contributed by atoms with Crippen LogP contribution in [0.15, 0.2) is 51.7 Å². The fourth-order valence-corrected chi connectivity index (χ4v) is 3.90. The van der Waals surface area contributed by atoms with Gasteiger partial charge in [-0.15, -0.1) is 0 Å². The molecule has 1 heterocycles. The smallest absolute Gasteiger partial charge is 0.268 e. The summed E-state index contributed by atoms with van der Waals surface area (Å²) in [6.45, 7) is 6.99. The maximum Gasteiger partial charge on any atom is 0.268 e. The Morgan fingerprint density at radius 3 is 2.48 bits per heavy atom. The van der Waals surface area contributed by atoms with Gasteiger partial charge in [0.15, 0.2) is 5.75 Å². The van der Waals surface area contributed by atoms with Crippen LogP contribution in [-0.4, -0.2) is 11.7 Å². The Morgan fingerprint density at radius 2 is 1.80 bits per heavy atom. The lowest BCUT2D eigenvalue weighted by Gasteiger charge is -2.26. The number of fused-ring (bicyclic) bond motifs is 3. The molecular weight excluding hydrogens is 314 g/mol. The average Bonchev–Trinajstić information content (AvgIpc) is 2.85. The van der Waals surface area contributed by atoms with E-state index >= 15 is 0 Å². The third kappa shape index (κ3) is 1.94. The number of allylic oxidation sites excluding steroid dienone is 1. The summed E-state index contributed by atoms with van der Waals surface area (Å²) in [5.74, 6) is -0.426. The Kier molecular flexibility index (Phi) is 3.16. The minimum absolute atomic E-state index is 0.114. The van der Waals surface area contributed by atoms with Crippen LogP contribution in [0.2, 0.25) is 0 Å². The van der Waals surface area contributed by atoms with Gasteiger partial charge in [0.25, 0.3) is 5.43 Å². The van der Waals surface area contributed by atoms with Gasteiger partial charge in [0, 0.05) is 23.0 Å². The standard InChI is InChI=1S/C21H19NO3/c1-4-22-16(11-14-18(23)20(25)19(14)24)21(2,3)15-10-9-12-7-5-6-8-13(12)17(15)22/h5-11,23H,4H2,1-3H3. The lowest BCUT2D eigenvalue weighted by Crippen LogP contribution is -2.34. The minimum atomic E-state index is -0.798. The summed E-state index contributed by atoms with van der Waals surface area (Å²) in [6, 6.07) is 12.5. The van der Waals surface area contributed by atoms with Crippen molar-refractivity contribution < 1.29 is 5.11 Å². The molecule has 0 fully saturated rings. The molecule has 1 N–H and O–H groups in total. The van der Waals surface area contributed by atoms with Crippen molar-refractivity contribution in [1.29, 1.82) is 0 Å². The van der Waals surface area contributed by atoms with Crippen LogP contribution in [0, 0.1) is 0 Å². The second-order valence-corrected chi connectivity index (χ2v) is 7.00. The van der Waals surface area contributed by atoms with Crippen LogP contribution in [0.5, 0.6) is 5.75 Å². The normalized spacial score (nSPS) is 17.6. The summed E-state index contributed by atoms with van der Waals surface area (Å²) < 4.78 is 0. The highest BCUT2D eigenvalue weighted by atomic mass is 16.3. The molecule has 0 radical (unpaired) electrons. The average molecular weight is 333 g/mol. The molecule has 0 unspecified atom stereocenters. The molecule has 0 saturated carbocycles. The number of benzene rings is 2. The molecule has 126 valence electrons. The van der Waals surface area contributed by atoms with Crippen LogP contribution < -0.4 is 15.8 Å². The number of likely N-dealkylation sites (N-methyl/N-ethyl adjacent to an activating group) is 1. The summed E-state index contributed by atoms with van der Waals surface area (Å²) in [6.07, 6.45) is 1.68. The number of nitrogens with zero attached hydrogens (tertiary/aromatic N) is 1. The quantitative estimate of drug-likeness (QED) is 0.731. The highest BCUT2D eigenvalue weighted by molar-refractivity contribution is 6.00. The van der Waals surface area contributed by atoms with Crippen LogP contribution >= 0.6 is 0 Å². The number of aromatic hydroxyl groups is 1. The minimum Gasteiger partial charge on any atom is -0.504 e. The van der Waals surface area contributed by atoms with E-state index in [1.165, 1.54) is 5.56 Å². The maximum atomic E-state index is 11.8. The van der Waals surface area contributed by atoms with Gasteiger partial charge in [0.1, 0.15) is 0 Å². The van der Waals surface area contributed by atoms with Gasteiger partial charge in [-0.25, -0.2) is 0 Å². The van der Waals surface area contributed by atoms with Gasteiger partial charge in [-0.05, 0) is 23.9 Å². The van der Waals surface area contributed by atoms with Crippen molar-refractivity contribution >= 4 is 22.5 Å². The Hall–Kier alpha value is -2.88. The Morgan fingerprint density at radius 1 is 1.08 bits per heavy atom. The summed E-state index contributed by atoms with van der Waals surface area (Å²) >= 11 is 0. The van der Waals surface area contributed by atoms with E-state index in [1.54, 1.807) is 6.08 Å². The zero-order valence-electron chi connectivity index (χ0n) is 14.5. The van der Waals surface area contributed by atoms with Crippen molar-refractivity contribution in [2.75, 3.05) is 11.4 Å². The first-order chi connectivity index (χ1) is 11.9. The molecule has 25 heavy (non-hydrogen) atoms. The lowest BCUT2D eigenvalue weighted by atomic mass is 9.82. The number of rotatable bonds is 2. The summed E-state index contributed by atoms with van der Waals surface area (Å²) in [5, 5.41) is 12.1. The molecule has 4 heteroatoms. The van der Waals surface area contributed by atoms with Crippen LogP contribution in [-0.2, 0) is 5.41 Å². The monoisotopic (exact) mass is 333 g/mol. The van der Waals surface area contributed by atoms with E-state index in [0.29, 0.717) is 0 Å². The molecule has 0 bridgehead atoms. The number of anilines is 1. The molecule has 0 saturated heterocycles. The second-order valence-electron chi connectivity index (χ2n) is 7.00. The molecule has 0 atom stereocenters. The van der Waals surface area contributed by atoms with Crippen molar-refractivity contribution in [3.05, 3.63) is 73.7 Å². The Labute approximate surface area is 145 Å². The molecule has 1 aliphatic heterocycles.